The number of benzene rings is 6. The first-order chi connectivity index (χ1) is 27.8. The Morgan fingerprint density at radius 3 is 0.860 bits per heavy atom. The molecular formula is C49H50O6P2. The van der Waals surface area contributed by atoms with Gasteiger partial charge < -0.3 is 27.1 Å². The standard InChI is InChI=1S/C49H50O6P2/c1-35(39-17-9-5-10-18-39)43-25-44(36(2)40-19-11-6-12-20-40)28-47(27-43)54-56-50-31-49(32-51-56)33-52-57(53-34-49)55-48-29-45(37(3)41-21-13-7-14-22-41)26-46(30-48)38(4)42-23-15-8-16-24-42/h5-30,35-38H,31-34H2,1-4H3. The Hall–Kier alpha value is -4.38. The van der Waals surface area contributed by atoms with E-state index < -0.39 is 22.6 Å². The topological polar surface area (TPSA) is 55.4 Å². The molecule has 6 aromatic carbocycles. The van der Waals surface area contributed by atoms with Crippen LogP contribution in [0.4, 0.5) is 0 Å². The van der Waals surface area contributed by atoms with Crippen LogP contribution < -0.4 is 9.05 Å². The molecular weight excluding hydrogens is 746 g/mol. The van der Waals surface area contributed by atoms with E-state index in [1.807, 2.05) is 0 Å². The molecule has 8 heteroatoms. The molecule has 2 saturated heterocycles. The van der Waals surface area contributed by atoms with Gasteiger partial charge in [0.15, 0.2) is 0 Å². The number of rotatable bonds is 12. The van der Waals surface area contributed by atoms with Gasteiger partial charge in [0.1, 0.15) is 11.5 Å². The second-order valence-electron chi connectivity index (χ2n) is 15.4. The normalized spacial score (nSPS) is 21.6. The number of hydrogen-bond acceptors (Lipinski definition) is 6. The molecule has 4 unspecified atom stereocenters. The second-order valence-corrected chi connectivity index (χ2v) is 17.7. The van der Waals surface area contributed by atoms with Crippen LogP contribution in [0, 0.1) is 5.41 Å². The summed E-state index contributed by atoms with van der Waals surface area (Å²) < 4.78 is 38.1. The molecule has 8 rings (SSSR count). The summed E-state index contributed by atoms with van der Waals surface area (Å²) in [5.41, 5.74) is 9.30. The van der Waals surface area contributed by atoms with Gasteiger partial charge in [-0.15, -0.1) is 0 Å². The first-order valence-electron chi connectivity index (χ1n) is 19.8. The molecule has 4 atom stereocenters. The van der Waals surface area contributed by atoms with E-state index in [-0.39, 0.29) is 23.7 Å². The van der Waals surface area contributed by atoms with Crippen molar-refractivity contribution in [1.82, 2.24) is 0 Å². The smallest absolute Gasteiger partial charge is 0.397 e. The van der Waals surface area contributed by atoms with E-state index in [1.54, 1.807) is 0 Å². The Labute approximate surface area is 340 Å². The molecule has 0 radical (unpaired) electrons. The third kappa shape index (κ3) is 9.51. The molecule has 57 heavy (non-hydrogen) atoms. The second kappa shape index (κ2) is 18.0. The van der Waals surface area contributed by atoms with Crippen molar-refractivity contribution in [1.29, 1.82) is 0 Å². The van der Waals surface area contributed by atoms with Gasteiger partial charge in [-0.2, -0.15) is 0 Å². The lowest BCUT2D eigenvalue weighted by molar-refractivity contribution is -0.0672. The van der Waals surface area contributed by atoms with Crippen LogP contribution in [0.1, 0.15) is 95.9 Å². The lowest BCUT2D eigenvalue weighted by atomic mass is 9.87. The fraction of sp³-hybridized carbons (Fsp3) is 0.265. The van der Waals surface area contributed by atoms with Crippen molar-refractivity contribution in [2.24, 2.45) is 5.41 Å². The lowest BCUT2D eigenvalue weighted by Crippen LogP contribution is -2.45. The summed E-state index contributed by atoms with van der Waals surface area (Å²) in [6.07, 6.45) is 0. The van der Waals surface area contributed by atoms with E-state index >= 15 is 0 Å². The van der Waals surface area contributed by atoms with Gasteiger partial charge in [-0.1, -0.05) is 161 Å². The van der Waals surface area contributed by atoms with Crippen molar-refractivity contribution in [3.63, 3.8) is 0 Å². The molecule has 1 spiro atoms. The highest BCUT2D eigenvalue weighted by molar-refractivity contribution is 7.42. The minimum Gasteiger partial charge on any atom is -0.427 e. The molecule has 2 fully saturated rings. The van der Waals surface area contributed by atoms with Crippen molar-refractivity contribution in [2.45, 2.75) is 51.4 Å². The summed E-state index contributed by atoms with van der Waals surface area (Å²) in [6, 6.07) is 55.4. The van der Waals surface area contributed by atoms with Crippen LogP contribution in [0.3, 0.4) is 0 Å². The molecule has 0 amide bonds. The summed E-state index contributed by atoms with van der Waals surface area (Å²) in [6.45, 7) is 10.6. The van der Waals surface area contributed by atoms with Gasteiger partial charge in [0.2, 0.25) is 0 Å². The largest absolute Gasteiger partial charge is 0.427 e. The predicted octanol–water partition coefficient (Wildman–Crippen LogP) is 13.3. The summed E-state index contributed by atoms with van der Waals surface area (Å²) in [5, 5.41) is 0. The van der Waals surface area contributed by atoms with Crippen LogP contribution in [0.5, 0.6) is 11.5 Å². The number of hydrogen-bond donors (Lipinski definition) is 0. The van der Waals surface area contributed by atoms with Gasteiger partial charge in [0, 0.05) is 23.7 Å². The Morgan fingerprint density at radius 2 is 0.614 bits per heavy atom. The van der Waals surface area contributed by atoms with Crippen LogP contribution in [0.15, 0.2) is 158 Å². The van der Waals surface area contributed by atoms with E-state index in [2.05, 4.69) is 185 Å². The third-order valence-electron chi connectivity index (χ3n) is 11.4. The average molecular weight is 797 g/mol. The highest BCUT2D eigenvalue weighted by Crippen LogP contribution is 2.54. The van der Waals surface area contributed by atoms with Gasteiger partial charge in [-0.25, -0.2) is 0 Å². The van der Waals surface area contributed by atoms with Crippen molar-refractivity contribution in [3.05, 3.63) is 202 Å². The van der Waals surface area contributed by atoms with Crippen LogP contribution in [-0.2, 0) is 18.1 Å². The van der Waals surface area contributed by atoms with Gasteiger partial charge in [-0.05, 0) is 68.8 Å². The first-order valence-corrected chi connectivity index (χ1v) is 22.0. The first kappa shape index (κ1) is 39.4. The Bertz CT molecular complexity index is 1900. The predicted molar refractivity (Wildman–Crippen MR) is 230 cm³/mol. The fourth-order valence-corrected chi connectivity index (χ4v) is 9.93. The van der Waals surface area contributed by atoms with Crippen molar-refractivity contribution in [3.8, 4) is 11.5 Å². The molecule has 0 bridgehead atoms. The Balaban J connectivity index is 0.930. The van der Waals surface area contributed by atoms with Crippen LogP contribution in [0.2, 0.25) is 0 Å². The zero-order valence-electron chi connectivity index (χ0n) is 33.0. The maximum Gasteiger partial charge on any atom is 0.397 e. The summed E-state index contributed by atoms with van der Waals surface area (Å²) in [7, 11) is -3.23. The molecule has 0 N–H and O–H groups in total. The van der Waals surface area contributed by atoms with Crippen LogP contribution >= 0.6 is 17.2 Å². The van der Waals surface area contributed by atoms with Crippen LogP contribution in [-0.4, -0.2) is 26.4 Å². The summed E-state index contributed by atoms with van der Waals surface area (Å²) >= 11 is 0. The summed E-state index contributed by atoms with van der Waals surface area (Å²) in [4.78, 5) is 0. The van der Waals surface area contributed by atoms with E-state index in [9.17, 15) is 0 Å². The molecule has 6 aromatic rings. The van der Waals surface area contributed by atoms with E-state index in [0.717, 1.165) is 11.5 Å². The monoisotopic (exact) mass is 796 g/mol. The Morgan fingerprint density at radius 1 is 0.368 bits per heavy atom. The van der Waals surface area contributed by atoms with Crippen molar-refractivity contribution >= 4 is 17.2 Å². The molecule has 2 aliphatic rings. The van der Waals surface area contributed by atoms with Crippen molar-refractivity contribution < 1.29 is 27.1 Å². The van der Waals surface area contributed by atoms with E-state index in [0.29, 0.717) is 26.4 Å². The molecule has 2 heterocycles. The minimum atomic E-state index is -1.62. The van der Waals surface area contributed by atoms with Crippen molar-refractivity contribution in [2.75, 3.05) is 26.4 Å². The molecule has 6 nitrogen and oxygen atoms in total. The molecule has 2 aliphatic heterocycles. The molecule has 0 saturated carbocycles. The highest BCUT2D eigenvalue weighted by Gasteiger charge is 2.45. The maximum absolute atomic E-state index is 6.49. The summed E-state index contributed by atoms with van der Waals surface area (Å²) in [5.74, 6) is 2.22. The Kier molecular flexibility index (Phi) is 12.5. The zero-order valence-corrected chi connectivity index (χ0v) is 34.8. The van der Waals surface area contributed by atoms with Gasteiger partial charge in [-0.3, -0.25) is 0 Å². The SMILES string of the molecule is CC(c1ccccc1)c1cc(OP2OCC3(CO2)COP(Oc2cc(C(C)c4ccccc4)cc(C(C)c4ccccc4)c2)OC3)cc(C(C)c2ccccc2)c1. The van der Waals surface area contributed by atoms with Gasteiger partial charge in [0.25, 0.3) is 0 Å². The molecule has 292 valence electrons. The molecule has 0 aromatic heterocycles. The zero-order chi connectivity index (χ0) is 39.2. The van der Waals surface area contributed by atoms with E-state index in [1.165, 1.54) is 44.5 Å². The van der Waals surface area contributed by atoms with Crippen LogP contribution in [0.25, 0.3) is 0 Å². The quantitative estimate of drug-likeness (QED) is 0.115. The molecule has 0 aliphatic carbocycles. The van der Waals surface area contributed by atoms with Gasteiger partial charge >= 0.3 is 17.2 Å². The maximum atomic E-state index is 6.49. The lowest BCUT2D eigenvalue weighted by Gasteiger charge is -2.41. The van der Waals surface area contributed by atoms with Gasteiger partial charge in [0.05, 0.1) is 31.8 Å². The highest BCUT2D eigenvalue weighted by atomic mass is 31.2. The third-order valence-corrected chi connectivity index (χ3v) is 13.4. The fourth-order valence-electron chi connectivity index (χ4n) is 7.49. The van der Waals surface area contributed by atoms with E-state index in [4.69, 9.17) is 27.1 Å². The average Bonchev–Trinajstić information content (AvgIpc) is 3.28. The minimum absolute atomic E-state index is 0.183.